The monoisotopic (exact) mass is 589 g/mol. The van der Waals surface area contributed by atoms with Crippen LogP contribution in [0.3, 0.4) is 0 Å². The summed E-state index contributed by atoms with van der Waals surface area (Å²) in [6.07, 6.45) is -3.39. The van der Waals surface area contributed by atoms with Gasteiger partial charge in [0, 0.05) is 44.0 Å². The Hall–Kier alpha value is -3.66. The minimum atomic E-state index is -4.74. The van der Waals surface area contributed by atoms with E-state index < -0.39 is 57.7 Å². The Morgan fingerprint density at radius 2 is 1.93 bits per heavy atom. The van der Waals surface area contributed by atoms with Crippen LogP contribution in [0.2, 0.25) is 0 Å². The Bertz CT molecular complexity index is 1460. The van der Waals surface area contributed by atoms with Gasteiger partial charge in [0.25, 0.3) is 5.91 Å². The highest BCUT2D eigenvalue weighted by Gasteiger charge is 2.42. The average Bonchev–Trinajstić information content (AvgIpc) is 3.20. The summed E-state index contributed by atoms with van der Waals surface area (Å²) < 4.78 is 88.2. The highest BCUT2D eigenvalue weighted by molar-refractivity contribution is 7.89. The highest BCUT2D eigenvalue weighted by Crippen LogP contribution is 2.35. The van der Waals surface area contributed by atoms with Crippen molar-refractivity contribution in [1.82, 2.24) is 19.5 Å². The van der Waals surface area contributed by atoms with E-state index in [0.29, 0.717) is 12.5 Å². The smallest absolute Gasteiger partial charge is 0.408 e. The van der Waals surface area contributed by atoms with Gasteiger partial charge in [-0.1, -0.05) is 0 Å². The van der Waals surface area contributed by atoms with E-state index in [1.807, 2.05) is 0 Å². The third-order valence-electron chi connectivity index (χ3n) is 6.85. The Morgan fingerprint density at radius 1 is 1.23 bits per heavy atom. The van der Waals surface area contributed by atoms with Crippen LogP contribution in [0.15, 0.2) is 29.3 Å². The van der Waals surface area contributed by atoms with E-state index in [1.54, 1.807) is 5.32 Å². The second-order valence-electron chi connectivity index (χ2n) is 9.78. The van der Waals surface area contributed by atoms with Crippen molar-refractivity contribution in [3.05, 3.63) is 41.5 Å². The van der Waals surface area contributed by atoms with Gasteiger partial charge < -0.3 is 24.8 Å². The summed E-state index contributed by atoms with van der Waals surface area (Å²) in [6.45, 7) is 1.86. The third-order valence-corrected chi connectivity index (χ3v) is 8.33. The number of halogens is 4. The SMILES string of the molecule is Cc1cc(NC(=O)c2c3c(cn2C)S(=O)(=O)N[C@H]2CN(C(=O)C(=O)N[C@H](C)C(F)(F)F)CC[C@@H]2CO3)ccc1F. The fraction of sp³-hybridized carbons (Fsp3) is 0.458. The molecule has 1 aromatic heterocycles. The lowest BCUT2D eigenvalue weighted by molar-refractivity contribution is -0.162. The molecule has 0 saturated carbocycles. The van der Waals surface area contributed by atoms with Crippen LogP contribution in [0.5, 0.6) is 5.75 Å². The predicted octanol–water partition coefficient (Wildman–Crippen LogP) is 1.68. The number of benzene rings is 1. The molecular formula is C24H27F4N5O6S. The lowest BCUT2D eigenvalue weighted by atomic mass is 9.93. The number of carbonyl (C=O) groups excluding carboxylic acids is 3. The number of alkyl halides is 3. The van der Waals surface area contributed by atoms with Crippen molar-refractivity contribution in [3.8, 4) is 5.75 Å². The maximum absolute atomic E-state index is 13.6. The lowest BCUT2D eigenvalue weighted by Gasteiger charge is -2.39. The van der Waals surface area contributed by atoms with Crippen LogP contribution in [-0.4, -0.2) is 73.6 Å². The molecule has 1 aromatic carbocycles. The number of sulfonamides is 1. The number of piperidine rings is 1. The van der Waals surface area contributed by atoms with Crippen molar-refractivity contribution < 1.29 is 45.1 Å². The lowest BCUT2D eigenvalue weighted by Crippen LogP contribution is -2.58. The van der Waals surface area contributed by atoms with Crippen LogP contribution in [0.1, 0.15) is 29.4 Å². The van der Waals surface area contributed by atoms with Crippen LogP contribution in [-0.2, 0) is 26.7 Å². The number of ether oxygens (including phenoxy) is 1. The second-order valence-corrected chi connectivity index (χ2v) is 11.5. The summed E-state index contributed by atoms with van der Waals surface area (Å²) in [4.78, 5) is 38.4. The van der Waals surface area contributed by atoms with E-state index in [-0.39, 0.29) is 48.1 Å². The Labute approximate surface area is 226 Å². The first kappa shape index (κ1) is 29.3. The number of hydrogen-bond acceptors (Lipinski definition) is 6. The van der Waals surface area contributed by atoms with Gasteiger partial charge in [-0.2, -0.15) is 13.2 Å². The molecule has 3 heterocycles. The zero-order valence-electron chi connectivity index (χ0n) is 21.6. The number of hydrogen-bond donors (Lipinski definition) is 3. The topological polar surface area (TPSA) is 139 Å². The number of rotatable bonds is 3. The van der Waals surface area contributed by atoms with Crippen LogP contribution >= 0.6 is 0 Å². The van der Waals surface area contributed by atoms with Crippen molar-refractivity contribution in [2.75, 3.05) is 25.0 Å². The number of nitrogens with zero attached hydrogens (tertiary/aromatic N) is 2. The Balaban J connectivity index is 1.53. The maximum Gasteiger partial charge on any atom is 0.408 e. The van der Waals surface area contributed by atoms with E-state index in [0.717, 1.165) is 4.90 Å². The summed E-state index contributed by atoms with van der Waals surface area (Å²) >= 11 is 0. The normalized spacial score (nSPS) is 21.1. The zero-order valence-corrected chi connectivity index (χ0v) is 22.5. The zero-order chi connectivity index (χ0) is 29.6. The van der Waals surface area contributed by atoms with Gasteiger partial charge in [0.15, 0.2) is 11.4 Å². The highest BCUT2D eigenvalue weighted by atomic mass is 32.2. The summed E-state index contributed by atoms with van der Waals surface area (Å²) in [6, 6.07) is 0.801. The molecule has 11 nitrogen and oxygen atoms in total. The fourth-order valence-electron chi connectivity index (χ4n) is 4.54. The summed E-state index contributed by atoms with van der Waals surface area (Å²) in [5.41, 5.74) is 0.492. The molecule has 1 saturated heterocycles. The van der Waals surface area contributed by atoms with Gasteiger partial charge in [0.05, 0.1) is 6.61 Å². The van der Waals surface area contributed by atoms with Crippen molar-refractivity contribution in [2.24, 2.45) is 13.0 Å². The molecule has 2 aliphatic rings. The molecule has 0 bridgehead atoms. The standard InChI is InChI=1S/C24H27F4N5O6S/c1-12-8-15(4-5-16(12)25)30-21(34)19-20-18(10-32(19)3)40(37,38)31-17-9-33(7-6-14(17)11-39-20)23(36)22(35)29-13(2)24(26,27)28/h4-5,8,10,13-14,17,31H,6-7,9,11H2,1-3H3,(H,29,35)(H,30,34)/t13-,14-,17+/m1/s1. The molecule has 0 unspecified atom stereocenters. The molecule has 1 fully saturated rings. The molecule has 40 heavy (non-hydrogen) atoms. The Kier molecular flexibility index (Phi) is 7.86. The summed E-state index contributed by atoms with van der Waals surface area (Å²) in [5, 5.41) is 4.21. The van der Waals surface area contributed by atoms with Gasteiger partial charge in [0.2, 0.25) is 10.0 Å². The number of amides is 3. The summed E-state index contributed by atoms with van der Waals surface area (Å²) in [5.74, 6) is -4.50. The van der Waals surface area contributed by atoms with Gasteiger partial charge in [-0.05, 0) is 44.0 Å². The molecule has 0 spiro atoms. The van der Waals surface area contributed by atoms with Gasteiger partial charge in [-0.3, -0.25) is 14.4 Å². The molecule has 2 aliphatic heterocycles. The predicted molar refractivity (Wildman–Crippen MR) is 132 cm³/mol. The first-order valence-corrected chi connectivity index (χ1v) is 13.6. The van der Waals surface area contributed by atoms with Crippen LogP contribution in [0.25, 0.3) is 0 Å². The summed E-state index contributed by atoms with van der Waals surface area (Å²) in [7, 11) is -2.87. The quantitative estimate of drug-likeness (QED) is 0.368. The molecule has 4 rings (SSSR count). The molecular weight excluding hydrogens is 562 g/mol. The van der Waals surface area contributed by atoms with Crippen molar-refractivity contribution in [3.63, 3.8) is 0 Å². The molecule has 16 heteroatoms. The van der Waals surface area contributed by atoms with Gasteiger partial charge in [-0.15, -0.1) is 0 Å². The van der Waals surface area contributed by atoms with Crippen LogP contribution < -0.4 is 20.1 Å². The number of aromatic nitrogens is 1. The molecule has 3 N–H and O–H groups in total. The third kappa shape index (κ3) is 5.91. The van der Waals surface area contributed by atoms with Gasteiger partial charge in [0.1, 0.15) is 16.8 Å². The van der Waals surface area contributed by atoms with E-state index >= 15 is 0 Å². The number of nitrogens with one attached hydrogen (secondary N) is 3. The van der Waals surface area contributed by atoms with Gasteiger partial charge >= 0.3 is 18.0 Å². The number of carbonyl (C=O) groups is 3. The maximum atomic E-state index is 13.6. The first-order chi connectivity index (χ1) is 18.6. The minimum Gasteiger partial charge on any atom is -0.489 e. The van der Waals surface area contributed by atoms with E-state index in [2.05, 4.69) is 10.0 Å². The number of likely N-dealkylation sites (tertiary alicyclic amines) is 1. The number of anilines is 1. The van der Waals surface area contributed by atoms with E-state index in [1.165, 1.54) is 42.9 Å². The minimum absolute atomic E-state index is 0.0299. The van der Waals surface area contributed by atoms with Gasteiger partial charge in [-0.25, -0.2) is 17.5 Å². The molecule has 0 radical (unpaired) electrons. The first-order valence-electron chi connectivity index (χ1n) is 12.2. The second kappa shape index (κ2) is 10.7. The van der Waals surface area contributed by atoms with Crippen molar-refractivity contribution in [1.29, 1.82) is 0 Å². The number of aryl methyl sites for hydroxylation is 2. The van der Waals surface area contributed by atoms with Crippen molar-refractivity contribution >= 4 is 33.4 Å². The van der Waals surface area contributed by atoms with E-state index in [9.17, 15) is 40.4 Å². The molecule has 218 valence electrons. The van der Waals surface area contributed by atoms with Crippen LogP contribution in [0.4, 0.5) is 23.2 Å². The van der Waals surface area contributed by atoms with E-state index in [4.69, 9.17) is 4.74 Å². The fourth-order valence-corrected chi connectivity index (χ4v) is 6.03. The Morgan fingerprint density at radius 3 is 2.58 bits per heavy atom. The largest absolute Gasteiger partial charge is 0.489 e. The number of fused-ring (bicyclic) bond motifs is 2. The molecule has 3 amide bonds. The average molecular weight is 590 g/mol. The molecule has 0 aliphatic carbocycles. The van der Waals surface area contributed by atoms with Crippen molar-refractivity contribution in [2.45, 2.75) is 43.4 Å². The molecule has 3 atom stereocenters. The molecule has 2 aromatic rings. The van der Waals surface area contributed by atoms with Crippen LogP contribution in [0, 0.1) is 18.7 Å².